The summed E-state index contributed by atoms with van der Waals surface area (Å²) < 4.78 is 17.9. The second-order valence-corrected chi connectivity index (χ2v) is 11.9. The molecule has 8 heteroatoms. The van der Waals surface area contributed by atoms with E-state index in [4.69, 9.17) is 14.2 Å². The number of likely N-dealkylation sites (tertiary alicyclic amines) is 1. The van der Waals surface area contributed by atoms with Crippen molar-refractivity contribution < 1.29 is 23.8 Å². The molecule has 2 heterocycles. The van der Waals surface area contributed by atoms with Crippen molar-refractivity contribution in [2.45, 2.75) is 96.7 Å². The van der Waals surface area contributed by atoms with E-state index >= 15 is 0 Å². The standard InChI is InChI=1S/C30H47N3O5/c1-5-36-28(34)24-13-15-25(16-14-24)37-27(26-12-9-17-33(26)29(35)38-30(2,3)4)32-20-18-31(19-21-32)22-23-10-7-6-8-11-23/h6-8,10-11,24-27H,5,9,12-22H2,1-4H3/t24?,25?,26-,27?/m0/s1. The van der Waals surface area contributed by atoms with Crippen molar-refractivity contribution in [1.29, 1.82) is 0 Å². The largest absolute Gasteiger partial charge is 0.466 e. The molecule has 2 aliphatic heterocycles. The van der Waals surface area contributed by atoms with Gasteiger partial charge in [0.05, 0.1) is 24.7 Å². The predicted octanol–water partition coefficient (Wildman–Crippen LogP) is 4.67. The summed E-state index contributed by atoms with van der Waals surface area (Å²) in [5.41, 5.74) is 0.800. The van der Waals surface area contributed by atoms with Crippen molar-refractivity contribution in [2.75, 3.05) is 39.3 Å². The lowest BCUT2D eigenvalue weighted by Gasteiger charge is -2.45. The van der Waals surface area contributed by atoms with Crippen molar-refractivity contribution in [2.24, 2.45) is 5.92 Å². The fourth-order valence-electron chi connectivity index (χ4n) is 5.97. The lowest BCUT2D eigenvalue weighted by molar-refractivity contribution is -0.159. The van der Waals surface area contributed by atoms with Crippen LogP contribution in [0.2, 0.25) is 0 Å². The highest BCUT2D eigenvalue weighted by molar-refractivity contribution is 5.72. The molecule has 0 N–H and O–H groups in total. The van der Waals surface area contributed by atoms with Gasteiger partial charge in [0, 0.05) is 39.3 Å². The third-order valence-electron chi connectivity index (χ3n) is 7.90. The first-order valence-corrected chi connectivity index (χ1v) is 14.6. The number of hydrogen-bond acceptors (Lipinski definition) is 7. The van der Waals surface area contributed by atoms with Crippen LogP contribution >= 0.6 is 0 Å². The average Bonchev–Trinajstić information content (AvgIpc) is 3.38. The Bertz CT molecular complexity index is 889. The smallest absolute Gasteiger partial charge is 0.410 e. The van der Waals surface area contributed by atoms with Crippen LogP contribution in [-0.2, 0) is 25.5 Å². The van der Waals surface area contributed by atoms with E-state index in [2.05, 4.69) is 40.1 Å². The van der Waals surface area contributed by atoms with Crippen LogP contribution in [0.1, 0.15) is 71.8 Å². The van der Waals surface area contributed by atoms with Gasteiger partial charge >= 0.3 is 12.1 Å². The molecule has 212 valence electrons. The average molecular weight is 530 g/mol. The SMILES string of the molecule is CCOC(=O)C1CCC(OC([C@@H]2CCCN2C(=O)OC(C)(C)C)N2CCN(Cc3ccccc3)CC2)CC1. The third kappa shape index (κ3) is 7.93. The molecule has 3 fully saturated rings. The van der Waals surface area contributed by atoms with Gasteiger partial charge in [0.25, 0.3) is 0 Å². The highest BCUT2D eigenvalue weighted by atomic mass is 16.6. The molecule has 1 aromatic rings. The zero-order chi connectivity index (χ0) is 27.1. The second-order valence-electron chi connectivity index (χ2n) is 11.9. The van der Waals surface area contributed by atoms with E-state index < -0.39 is 5.60 Å². The normalized spacial score (nSPS) is 26.2. The number of hydrogen-bond donors (Lipinski definition) is 0. The lowest BCUT2D eigenvalue weighted by Crippen LogP contribution is -2.58. The molecule has 0 radical (unpaired) electrons. The minimum Gasteiger partial charge on any atom is -0.466 e. The van der Waals surface area contributed by atoms with Crippen LogP contribution in [0.15, 0.2) is 30.3 Å². The molecule has 0 spiro atoms. The summed E-state index contributed by atoms with van der Waals surface area (Å²) in [6.45, 7) is 13.4. The number of amides is 1. The number of esters is 1. The summed E-state index contributed by atoms with van der Waals surface area (Å²) in [4.78, 5) is 32.2. The Morgan fingerprint density at radius 2 is 1.63 bits per heavy atom. The van der Waals surface area contributed by atoms with Gasteiger partial charge in [-0.25, -0.2) is 4.79 Å². The molecule has 0 bridgehead atoms. The van der Waals surface area contributed by atoms with E-state index in [1.807, 2.05) is 32.6 Å². The zero-order valence-corrected chi connectivity index (χ0v) is 23.8. The molecule has 4 rings (SSSR count). The fraction of sp³-hybridized carbons (Fsp3) is 0.733. The molecule has 1 saturated carbocycles. The number of benzene rings is 1. The van der Waals surface area contributed by atoms with Gasteiger partial charge in [-0.1, -0.05) is 30.3 Å². The molecule has 2 saturated heterocycles. The zero-order valence-electron chi connectivity index (χ0n) is 23.8. The van der Waals surface area contributed by atoms with Crippen molar-refractivity contribution in [3.63, 3.8) is 0 Å². The summed E-state index contributed by atoms with van der Waals surface area (Å²) in [5, 5.41) is 0. The Kier molecular flexibility index (Phi) is 10.1. The lowest BCUT2D eigenvalue weighted by atomic mass is 9.87. The van der Waals surface area contributed by atoms with Crippen LogP contribution in [-0.4, -0.2) is 90.1 Å². The topological polar surface area (TPSA) is 71.5 Å². The maximum absolute atomic E-state index is 13.2. The molecule has 1 aliphatic carbocycles. The summed E-state index contributed by atoms with van der Waals surface area (Å²) in [7, 11) is 0. The van der Waals surface area contributed by atoms with Gasteiger partial charge in [-0.3, -0.25) is 14.6 Å². The monoisotopic (exact) mass is 529 g/mol. The molecule has 3 aliphatic rings. The first-order chi connectivity index (χ1) is 18.2. The number of ether oxygens (including phenoxy) is 3. The number of nitrogens with zero attached hydrogens (tertiary/aromatic N) is 3. The van der Waals surface area contributed by atoms with Crippen LogP contribution < -0.4 is 0 Å². The van der Waals surface area contributed by atoms with E-state index in [9.17, 15) is 9.59 Å². The quantitative estimate of drug-likeness (QED) is 0.453. The first kappa shape index (κ1) is 28.8. The summed E-state index contributed by atoms with van der Waals surface area (Å²) in [6.07, 6.45) is 4.78. The van der Waals surface area contributed by atoms with Gasteiger partial charge in [0.1, 0.15) is 11.8 Å². The summed E-state index contributed by atoms with van der Waals surface area (Å²) in [5.74, 6) is -0.108. The highest BCUT2D eigenvalue weighted by Gasteiger charge is 2.42. The van der Waals surface area contributed by atoms with Crippen LogP contribution in [0.3, 0.4) is 0 Å². The Labute approximate surface area is 228 Å². The minimum atomic E-state index is -0.533. The Morgan fingerprint density at radius 1 is 0.947 bits per heavy atom. The number of piperazine rings is 1. The molecule has 38 heavy (non-hydrogen) atoms. The van der Waals surface area contributed by atoms with Crippen LogP contribution in [0.4, 0.5) is 4.79 Å². The number of rotatable bonds is 8. The molecule has 8 nitrogen and oxygen atoms in total. The van der Waals surface area contributed by atoms with Crippen molar-refractivity contribution >= 4 is 12.1 Å². The third-order valence-corrected chi connectivity index (χ3v) is 7.90. The van der Waals surface area contributed by atoms with E-state index in [1.165, 1.54) is 5.56 Å². The molecule has 1 aromatic carbocycles. The van der Waals surface area contributed by atoms with Gasteiger partial charge in [-0.05, 0) is 71.8 Å². The maximum atomic E-state index is 13.2. The molecule has 1 amide bonds. The Hall–Kier alpha value is -2.16. The van der Waals surface area contributed by atoms with E-state index in [0.29, 0.717) is 13.2 Å². The fourth-order valence-corrected chi connectivity index (χ4v) is 5.97. The predicted molar refractivity (Wildman–Crippen MR) is 147 cm³/mol. The summed E-state index contributed by atoms with van der Waals surface area (Å²) in [6, 6.07) is 10.6. The van der Waals surface area contributed by atoms with Crippen LogP contribution in [0, 0.1) is 5.92 Å². The van der Waals surface area contributed by atoms with E-state index in [0.717, 1.165) is 71.2 Å². The number of carbonyl (C=O) groups is 2. The van der Waals surface area contributed by atoms with Crippen molar-refractivity contribution in [3.8, 4) is 0 Å². The highest BCUT2D eigenvalue weighted by Crippen LogP contribution is 2.33. The van der Waals surface area contributed by atoms with Gasteiger partial charge in [-0.2, -0.15) is 0 Å². The first-order valence-electron chi connectivity index (χ1n) is 14.6. The van der Waals surface area contributed by atoms with Crippen LogP contribution in [0.5, 0.6) is 0 Å². The molecule has 0 aromatic heterocycles. The van der Waals surface area contributed by atoms with Gasteiger partial charge < -0.3 is 19.1 Å². The van der Waals surface area contributed by atoms with Gasteiger partial charge in [0.2, 0.25) is 0 Å². The summed E-state index contributed by atoms with van der Waals surface area (Å²) >= 11 is 0. The molecule has 1 unspecified atom stereocenters. The molecule has 2 atom stereocenters. The number of carbonyl (C=O) groups excluding carboxylic acids is 2. The van der Waals surface area contributed by atoms with Gasteiger partial charge in [-0.15, -0.1) is 0 Å². The van der Waals surface area contributed by atoms with Crippen molar-refractivity contribution in [1.82, 2.24) is 14.7 Å². The Morgan fingerprint density at radius 3 is 2.26 bits per heavy atom. The minimum absolute atomic E-state index is 0.0282. The van der Waals surface area contributed by atoms with E-state index in [1.54, 1.807) is 0 Å². The van der Waals surface area contributed by atoms with E-state index in [-0.39, 0.29) is 36.4 Å². The van der Waals surface area contributed by atoms with Crippen LogP contribution in [0.25, 0.3) is 0 Å². The maximum Gasteiger partial charge on any atom is 0.410 e. The Balaban J connectivity index is 1.42. The van der Waals surface area contributed by atoms with Crippen molar-refractivity contribution in [3.05, 3.63) is 35.9 Å². The molecular formula is C30H47N3O5. The second kappa shape index (κ2) is 13.3. The molecular weight excluding hydrogens is 482 g/mol. The van der Waals surface area contributed by atoms with Gasteiger partial charge in [0.15, 0.2) is 0 Å².